The molecule has 6 heteroatoms. The van der Waals surface area contributed by atoms with Gasteiger partial charge in [0.05, 0.1) is 18.7 Å². The fraction of sp³-hybridized carbons (Fsp3) is 0.200. The first-order chi connectivity index (χ1) is 9.82. The zero-order chi connectivity index (χ0) is 15.6. The van der Waals surface area contributed by atoms with E-state index in [0.717, 1.165) is 12.1 Å². The molecule has 0 aliphatic carbocycles. The molecule has 112 valence electrons. The second kappa shape index (κ2) is 5.73. The maximum atomic E-state index is 13.8. The summed E-state index contributed by atoms with van der Waals surface area (Å²) in [6.45, 7) is 0. The number of nitrogens with two attached hydrogens (primary N) is 1. The minimum Gasteiger partial charge on any atom is -0.497 e. The number of methoxy groups -OCH3 is 1. The van der Waals surface area contributed by atoms with Crippen molar-refractivity contribution in [2.75, 3.05) is 7.11 Å². The molecular weight excluding hydrogens is 286 g/mol. The van der Waals surface area contributed by atoms with Crippen LogP contribution in [0.4, 0.5) is 17.6 Å². The predicted molar refractivity (Wildman–Crippen MR) is 70.4 cm³/mol. The number of ether oxygens (including phenoxy) is 1. The molecule has 2 nitrogen and oxygen atoms in total. The Hall–Kier alpha value is -2.08. The zero-order valence-corrected chi connectivity index (χ0v) is 11.1. The molecule has 1 atom stereocenters. The van der Waals surface area contributed by atoms with Gasteiger partial charge in [-0.05, 0) is 35.9 Å². The van der Waals surface area contributed by atoms with Crippen molar-refractivity contribution < 1.29 is 22.3 Å². The lowest BCUT2D eigenvalue weighted by molar-refractivity contribution is -0.137. The van der Waals surface area contributed by atoms with Crippen molar-refractivity contribution in [2.45, 2.75) is 12.2 Å². The third-order valence-electron chi connectivity index (χ3n) is 3.13. The molecule has 2 rings (SSSR count). The first-order valence-electron chi connectivity index (χ1n) is 6.09. The van der Waals surface area contributed by atoms with E-state index >= 15 is 0 Å². The van der Waals surface area contributed by atoms with E-state index in [1.807, 2.05) is 0 Å². The van der Waals surface area contributed by atoms with Crippen molar-refractivity contribution in [2.24, 2.45) is 5.73 Å². The molecule has 0 heterocycles. The molecule has 21 heavy (non-hydrogen) atoms. The number of rotatable bonds is 3. The van der Waals surface area contributed by atoms with E-state index in [1.54, 1.807) is 24.3 Å². The van der Waals surface area contributed by atoms with Gasteiger partial charge in [0.15, 0.2) is 0 Å². The van der Waals surface area contributed by atoms with Gasteiger partial charge in [0, 0.05) is 5.56 Å². The summed E-state index contributed by atoms with van der Waals surface area (Å²) in [5, 5.41) is 0. The van der Waals surface area contributed by atoms with Crippen molar-refractivity contribution in [1.82, 2.24) is 0 Å². The number of halogens is 4. The van der Waals surface area contributed by atoms with E-state index in [2.05, 4.69) is 0 Å². The van der Waals surface area contributed by atoms with E-state index < -0.39 is 23.6 Å². The summed E-state index contributed by atoms with van der Waals surface area (Å²) in [6.07, 6.45) is -4.54. The maximum absolute atomic E-state index is 13.8. The number of benzene rings is 2. The van der Waals surface area contributed by atoms with Gasteiger partial charge in [-0.25, -0.2) is 4.39 Å². The SMILES string of the molecule is COc1ccc(C(N)c2cc(C(F)(F)F)ccc2F)cc1. The average Bonchev–Trinajstić information content (AvgIpc) is 2.46. The van der Waals surface area contributed by atoms with Crippen molar-refractivity contribution in [1.29, 1.82) is 0 Å². The molecule has 0 amide bonds. The Morgan fingerprint density at radius 1 is 1.05 bits per heavy atom. The number of hydrogen-bond acceptors (Lipinski definition) is 2. The Balaban J connectivity index is 2.39. The highest BCUT2D eigenvalue weighted by Crippen LogP contribution is 2.33. The van der Waals surface area contributed by atoms with Crippen LogP contribution in [0.15, 0.2) is 42.5 Å². The number of alkyl halides is 3. The summed E-state index contributed by atoms with van der Waals surface area (Å²) in [5.74, 6) is -0.193. The van der Waals surface area contributed by atoms with Crippen LogP contribution in [0.5, 0.6) is 5.75 Å². The van der Waals surface area contributed by atoms with E-state index in [4.69, 9.17) is 10.5 Å². The summed E-state index contributed by atoms with van der Waals surface area (Å²) in [6, 6.07) is 7.62. The van der Waals surface area contributed by atoms with Gasteiger partial charge in [-0.3, -0.25) is 0 Å². The van der Waals surface area contributed by atoms with E-state index in [0.29, 0.717) is 17.4 Å². The third-order valence-corrected chi connectivity index (χ3v) is 3.13. The summed E-state index contributed by atoms with van der Waals surface area (Å²) >= 11 is 0. The molecule has 0 radical (unpaired) electrons. The molecule has 1 unspecified atom stereocenters. The first-order valence-corrected chi connectivity index (χ1v) is 6.09. The summed E-state index contributed by atoms with van der Waals surface area (Å²) in [5.41, 5.74) is 5.24. The van der Waals surface area contributed by atoms with Crippen LogP contribution in [0, 0.1) is 5.82 Å². The molecular formula is C15H13F4NO. The van der Waals surface area contributed by atoms with Crippen molar-refractivity contribution in [3.63, 3.8) is 0 Å². The molecule has 0 spiro atoms. The fourth-order valence-corrected chi connectivity index (χ4v) is 1.95. The maximum Gasteiger partial charge on any atom is 0.416 e. The van der Waals surface area contributed by atoms with Crippen molar-refractivity contribution in [3.8, 4) is 5.75 Å². The Bertz CT molecular complexity index is 623. The topological polar surface area (TPSA) is 35.2 Å². The number of hydrogen-bond donors (Lipinski definition) is 1. The minimum atomic E-state index is -4.54. The van der Waals surface area contributed by atoms with Gasteiger partial charge in [-0.2, -0.15) is 13.2 Å². The lowest BCUT2D eigenvalue weighted by atomic mass is 9.97. The quantitative estimate of drug-likeness (QED) is 0.872. The van der Waals surface area contributed by atoms with Gasteiger partial charge in [-0.1, -0.05) is 12.1 Å². The molecule has 2 aromatic carbocycles. The van der Waals surface area contributed by atoms with E-state index in [1.165, 1.54) is 7.11 Å². The smallest absolute Gasteiger partial charge is 0.416 e. The van der Waals surface area contributed by atoms with Gasteiger partial charge in [0.1, 0.15) is 11.6 Å². The predicted octanol–water partition coefficient (Wildman–Crippen LogP) is 3.90. The van der Waals surface area contributed by atoms with Crippen LogP contribution in [-0.4, -0.2) is 7.11 Å². The Morgan fingerprint density at radius 2 is 1.67 bits per heavy atom. The fourth-order valence-electron chi connectivity index (χ4n) is 1.95. The lowest BCUT2D eigenvalue weighted by Gasteiger charge is -2.16. The van der Waals surface area contributed by atoms with Crippen LogP contribution in [0.3, 0.4) is 0 Å². The van der Waals surface area contributed by atoms with Crippen LogP contribution in [0.2, 0.25) is 0 Å². The highest BCUT2D eigenvalue weighted by Gasteiger charge is 2.31. The van der Waals surface area contributed by atoms with E-state index in [-0.39, 0.29) is 5.56 Å². The summed E-state index contributed by atoms with van der Waals surface area (Å²) in [4.78, 5) is 0. The van der Waals surface area contributed by atoms with Gasteiger partial charge in [0.25, 0.3) is 0 Å². The molecule has 0 aliphatic rings. The van der Waals surface area contributed by atoms with Crippen molar-refractivity contribution >= 4 is 0 Å². The average molecular weight is 299 g/mol. The highest BCUT2D eigenvalue weighted by atomic mass is 19.4. The molecule has 0 saturated heterocycles. The van der Waals surface area contributed by atoms with Gasteiger partial charge >= 0.3 is 6.18 Å². The third kappa shape index (κ3) is 3.33. The van der Waals surface area contributed by atoms with Crippen LogP contribution in [0.1, 0.15) is 22.7 Å². The molecule has 2 N–H and O–H groups in total. The van der Waals surface area contributed by atoms with Crippen molar-refractivity contribution in [3.05, 3.63) is 65.0 Å². The van der Waals surface area contributed by atoms with Gasteiger partial charge < -0.3 is 10.5 Å². The van der Waals surface area contributed by atoms with Crippen LogP contribution in [0.25, 0.3) is 0 Å². The van der Waals surface area contributed by atoms with Gasteiger partial charge in [-0.15, -0.1) is 0 Å². The van der Waals surface area contributed by atoms with Crippen LogP contribution in [-0.2, 0) is 6.18 Å². The molecule has 0 bridgehead atoms. The molecule has 0 saturated carbocycles. The summed E-state index contributed by atoms with van der Waals surface area (Å²) in [7, 11) is 1.49. The Morgan fingerprint density at radius 3 is 2.19 bits per heavy atom. The standard InChI is InChI=1S/C15H13F4NO/c1-21-11-5-2-9(3-6-11)14(20)12-8-10(15(17,18)19)4-7-13(12)16/h2-8,14H,20H2,1H3. The van der Waals surface area contributed by atoms with Gasteiger partial charge in [0.2, 0.25) is 0 Å². The minimum absolute atomic E-state index is 0.199. The Labute approximate surface area is 119 Å². The molecule has 0 aliphatic heterocycles. The largest absolute Gasteiger partial charge is 0.497 e. The second-order valence-corrected chi connectivity index (χ2v) is 4.48. The monoisotopic (exact) mass is 299 g/mol. The zero-order valence-electron chi connectivity index (χ0n) is 11.1. The summed E-state index contributed by atoms with van der Waals surface area (Å²) < 4.78 is 56.8. The first kappa shape index (κ1) is 15.3. The second-order valence-electron chi connectivity index (χ2n) is 4.48. The van der Waals surface area contributed by atoms with Crippen LogP contribution < -0.4 is 10.5 Å². The van der Waals surface area contributed by atoms with E-state index in [9.17, 15) is 17.6 Å². The molecule has 0 fully saturated rings. The lowest BCUT2D eigenvalue weighted by Crippen LogP contribution is -2.15. The molecule has 2 aromatic rings. The Kier molecular flexibility index (Phi) is 4.18. The normalized spacial score (nSPS) is 13.0. The van der Waals surface area contributed by atoms with Crippen LogP contribution >= 0.6 is 0 Å². The highest BCUT2D eigenvalue weighted by molar-refractivity contribution is 5.38. The molecule has 0 aromatic heterocycles.